The predicted octanol–water partition coefficient (Wildman–Crippen LogP) is 6.67. The molecule has 1 aromatic carbocycles. The normalized spacial score (nSPS) is 13.7. The number of hydrogen-bond acceptors (Lipinski definition) is 8. The second-order valence-electron chi connectivity index (χ2n) is 16.5. The molecule has 0 aromatic heterocycles. The molecule has 310 valence electrons. The van der Waals surface area contributed by atoms with Crippen LogP contribution in [0.5, 0.6) is 0 Å². The smallest absolute Gasteiger partial charge is 0.410 e. The lowest BCUT2D eigenvalue weighted by Gasteiger charge is -2.31. The van der Waals surface area contributed by atoms with Gasteiger partial charge in [-0.2, -0.15) is 0 Å². The summed E-state index contributed by atoms with van der Waals surface area (Å²) >= 11 is 0. The molecule has 0 spiro atoms. The summed E-state index contributed by atoms with van der Waals surface area (Å²) in [6.45, 7) is 19.2. The van der Waals surface area contributed by atoms with E-state index < -0.39 is 42.0 Å². The standard InChI is InChI=1S/C42H69N5O8/c1-25(2)14-12-16-36(50)46-37(27(5)6)34(48)22-31(15-13-21-44-41(43)53)40(52)45-32-19-17-30(18-20-32)24-55-42(54)47(11)38(28(7)8)35(49)23-33(26(3)4)39(51)29(9)10/h17-20,25-29,31,33,37-38H,12-16,21-24H2,1-11H3,(H,45,52)(H,46,50)(H3,43,44,53)/t31-,33+,37+,38+/m1/s1. The lowest BCUT2D eigenvalue weighted by Crippen LogP contribution is -2.47. The van der Waals surface area contributed by atoms with Crippen molar-refractivity contribution in [2.45, 2.75) is 133 Å². The van der Waals surface area contributed by atoms with E-state index in [1.165, 1.54) is 11.9 Å². The first kappa shape index (κ1) is 48.7. The van der Waals surface area contributed by atoms with Crippen LogP contribution in [-0.4, -0.2) is 71.9 Å². The van der Waals surface area contributed by atoms with E-state index in [1.54, 1.807) is 24.3 Å². The van der Waals surface area contributed by atoms with Crippen molar-refractivity contribution in [1.82, 2.24) is 15.5 Å². The van der Waals surface area contributed by atoms with Gasteiger partial charge in [-0.25, -0.2) is 9.59 Å². The second-order valence-corrected chi connectivity index (χ2v) is 16.5. The molecule has 0 aliphatic rings. The molecule has 0 unspecified atom stereocenters. The van der Waals surface area contributed by atoms with Gasteiger partial charge in [0.15, 0.2) is 11.6 Å². The minimum Gasteiger partial charge on any atom is -0.445 e. The van der Waals surface area contributed by atoms with Gasteiger partial charge in [0.05, 0.1) is 12.1 Å². The lowest BCUT2D eigenvalue weighted by atomic mass is 9.80. The maximum Gasteiger partial charge on any atom is 0.410 e. The van der Waals surface area contributed by atoms with Crippen molar-refractivity contribution in [1.29, 1.82) is 0 Å². The first-order chi connectivity index (χ1) is 25.7. The molecule has 0 saturated heterocycles. The van der Waals surface area contributed by atoms with E-state index in [1.807, 2.05) is 55.4 Å². The van der Waals surface area contributed by atoms with Crippen molar-refractivity contribution >= 4 is 47.0 Å². The van der Waals surface area contributed by atoms with Crippen LogP contribution in [0.25, 0.3) is 0 Å². The number of benzene rings is 1. The molecule has 0 aliphatic heterocycles. The first-order valence-corrected chi connectivity index (χ1v) is 19.9. The van der Waals surface area contributed by atoms with Crippen LogP contribution in [0.3, 0.4) is 0 Å². The Morgan fingerprint density at radius 3 is 1.89 bits per heavy atom. The molecule has 0 fully saturated rings. The summed E-state index contributed by atoms with van der Waals surface area (Å²) in [5.41, 5.74) is 6.29. The van der Waals surface area contributed by atoms with Gasteiger partial charge in [0.1, 0.15) is 12.4 Å². The van der Waals surface area contributed by atoms with Crippen LogP contribution in [0.1, 0.15) is 120 Å². The van der Waals surface area contributed by atoms with E-state index in [2.05, 4.69) is 29.8 Å². The third-order valence-corrected chi connectivity index (χ3v) is 9.77. The molecule has 0 saturated carbocycles. The van der Waals surface area contributed by atoms with Gasteiger partial charge in [0.2, 0.25) is 11.8 Å². The number of ether oxygens (including phenoxy) is 1. The SMILES string of the molecule is CC(C)CCCC(=O)N[C@H](C(=O)C[C@@H](CCCNC(N)=O)C(=O)Nc1ccc(COC(=O)N(C)[C@H](C(=O)C[C@H](C(=O)C(C)C)C(C)C)C(C)C)cc1)C(C)C. The Hall–Kier alpha value is -4.29. The number of nitrogens with one attached hydrogen (secondary N) is 3. The zero-order valence-electron chi connectivity index (χ0n) is 35.2. The van der Waals surface area contributed by atoms with E-state index in [4.69, 9.17) is 10.5 Å². The molecule has 0 bridgehead atoms. The van der Waals surface area contributed by atoms with Crippen LogP contribution in [-0.2, 0) is 35.3 Å². The van der Waals surface area contributed by atoms with Crippen LogP contribution in [0.2, 0.25) is 0 Å². The summed E-state index contributed by atoms with van der Waals surface area (Å²) in [6, 6.07) is 4.51. The Bertz CT molecular complexity index is 1420. The number of urea groups is 1. The average molecular weight is 772 g/mol. The van der Waals surface area contributed by atoms with Crippen LogP contribution in [0, 0.1) is 41.4 Å². The summed E-state index contributed by atoms with van der Waals surface area (Å²) in [7, 11) is 1.52. The number of anilines is 1. The highest BCUT2D eigenvalue weighted by Crippen LogP contribution is 2.25. The fourth-order valence-electron chi connectivity index (χ4n) is 6.55. The highest BCUT2D eigenvalue weighted by Gasteiger charge is 2.35. The van der Waals surface area contributed by atoms with Crippen LogP contribution >= 0.6 is 0 Å². The van der Waals surface area contributed by atoms with Crippen molar-refractivity contribution in [3.63, 3.8) is 0 Å². The summed E-state index contributed by atoms with van der Waals surface area (Å²) in [6.07, 6.45) is 1.91. The average Bonchev–Trinajstić information content (AvgIpc) is 3.09. The van der Waals surface area contributed by atoms with Crippen LogP contribution < -0.4 is 21.7 Å². The topological polar surface area (TPSA) is 194 Å². The summed E-state index contributed by atoms with van der Waals surface area (Å²) in [5.74, 6) is -2.29. The van der Waals surface area contributed by atoms with Crippen LogP contribution in [0.15, 0.2) is 24.3 Å². The minimum absolute atomic E-state index is 0.0174. The molecule has 0 aliphatic carbocycles. The van der Waals surface area contributed by atoms with Crippen LogP contribution in [0.4, 0.5) is 15.3 Å². The monoisotopic (exact) mass is 772 g/mol. The molecule has 5 amide bonds. The fourth-order valence-corrected chi connectivity index (χ4v) is 6.55. The number of amides is 5. The van der Waals surface area contributed by atoms with Crippen molar-refractivity contribution in [2.24, 2.45) is 47.2 Å². The van der Waals surface area contributed by atoms with Gasteiger partial charge in [0, 0.05) is 56.3 Å². The van der Waals surface area contributed by atoms with E-state index in [0.29, 0.717) is 36.4 Å². The number of hydrogen-bond donors (Lipinski definition) is 4. The predicted molar refractivity (Wildman–Crippen MR) is 215 cm³/mol. The van der Waals surface area contributed by atoms with Gasteiger partial charge in [-0.05, 0) is 60.6 Å². The van der Waals surface area contributed by atoms with Gasteiger partial charge >= 0.3 is 12.1 Å². The number of carbonyl (C=O) groups is 7. The van der Waals surface area contributed by atoms with E-state index in [-0.39, 0.29) is 72.9 Å². The van der Waals surface area contributed by atoms with Gasteiger partial charge in [-0.15, -0.1) is 0 Å². The van der Waals surface area contributed by atoms with Gasteiger partial charge in [-0.1, -0.05) is 87.8 Å². The number of ketones is 3. The molecule has 55 heavy (non-hydrogen) atoms. The third kappa shape index (κ3) is 17.8. The zero-order valence-corrected chi connectivity index (χ0v) is 35.2. The second kappa shape index (κ2) is 24.3. The number of rotatable bonds is 25. The van der Waals surface area contributed by atoms with E-state index in [9.17, 15) is 33.6 Å². The highest BCUT2D eigenvalue weighted by molar-refractivity contribution is 5.97. The molecule has 5 N–H and O–H groups in total. The summed E-state index contributed by atoms with van der Waals surface area (Å²) in [4.78, 5) is 91.5. The molecular weight excluding hydrogens is 702 g/mol. The maximum atomic E-state index is 13.5. The zero-order chi connectivity index (χ0) is 42.0. The Morgan fingerprint density at radius 1 is 0.764 bits per heavy atom. The largest absolute Gasteiger partial charge is 0.445 e. The first-order valence-electron chi connectivity index (χ1n) is 19.9. The fraction of sp³-hybridized carbons (Fsp3) is 0.690. The molecule has 4 atom stereocenters. The molecule has 0 radical (unpaired) electrons. The highest BCUT2D eigenvalue weighted by atomic mass is 16.6. The van der Waals surface area contributed by atoms with Crippen molar-refractivity contribution in [2.75, 3.05) is 18.9 Å². The Labute approximate surface area is 329 Å². The number of Topliss-reactive ketones (excluding diaryl/α,β-unsaturated/α-hetero) is 3. The molecule has 1 aromatic rings. The number of nitrogens with two attached hydrogens (primary N) is 1. The van der Waals surface area contributed by atoms with Gasteiger partial charge in [-0.3, -0.25) is 24.0 Å². The minimum atomic E-state index is -0.764. The maximum absolute atomic E-state index is 13.5. The van der Waals surface area contributed by atoms with Crippen molar-refractivity contribution < 1.29 is 38.3 Å². The summed E-state index contributed by atoms with van der Waals surface area (Å²) in [5, 5.41) is 8.24. The lowest BCUT2D eigenvalue weighted by molar-refractivity contribution is -0.133. The molecule has 13 nitrogen and oxygen atoms in total. The molecular formula is C42H69N5O8. The Kier molecular flexibility index (Phi) is 21.5. The third-order valence-electron chi connectivity index (χ3n) is 9.77. The van der Waals surface area contributed by atoms with Crippen molar-refractivity contribution in [3.05, 3.63) is 29.8 Å². The van der Waals surface area contributed by atoms with Crippen molar-refractivity contribution in [3.8, 4) is 0 Å². The molecule has 1 rings (SSSR count). The quantitative estimate of drug-likeness (QED) is 0.0792. The van der Waals surface area contributed by atoms with Gasteiger partial charge < -0.3 is 31.3 Å². The van der Waals surface area contributed by atoms with E-state index >= 15 is 0 Å². The Balaban J connectivity index is 2.98. The van der Waals surface area contributed by atoms with E-state index in [0.717, 1.165) is 12.8 Å². The Morgan fingerprint density at radius 2 is 1.38 bits per heavy atom. The molecule has 13 heteroatoms. The number of nitrogens with zero attached hydrogens (tertiary/aromatic N) is 1. The number of carbonyl (C=O) groups excluding carboxylic acids is 7. The number of likely N-dealkylation sites (N-methyl/N-ethyl adjacent to an activating group) is 1. The summed E-state index contributed by atoms with van der Waals surface area (Å²) < 4.78 is 5.56. The van der Waals surface area contributed by atoms with Gasteiger partial charge in [0.25, 0.3) is 0 Å². The number of primary amides is 1. The molecule has 0 heterocycles.